The van der Waals surface area contributed by atoms with Crippen LogP contribution in [0, 0.1) is 0 Å². The van der Waals surface area contributed by atoms with Crippen LogP contribution >= 0.6 is 0 Å². The molecule has 0 radical (unpaired) electrons. The molecule has 2 rings (SSSR count). The predicted molar refractivity (Wildman–Crippen MR) is 68.4 cm³/mol. The van der Waals surface area contributed by atoms with Gasteiger partial charge in [-0.2, -0.15) is 0 Å². The van der Waals surface area contributed by atoms with Crippen molar-refractivity contribution in [2.75, 3.05) is 0 Å². The fourth-order valence-corrected chi connectivity index (χ4v) is 2.34. The van der Waals surface area contributed by atoms with Gasteiger partial charge >= 0.3 is 0 Å². The second kappa shape index (κ2) is 6.72. The van der Waals surface area contributed by atoms with E-state index in [-0.39, 0.29) is 0 Å². The smallest absolute Gasteiger partial charge is 0.0891 e. The van der Waals surface area contributed by atoms with Crippen molar-refractivity contribution in [3.63, 3.8) is 0 Å². The van der Waals surface area contributed by atoms with Crippen molar-refractivity contribution in [2.45, 2.75) is 57.8 Å². The number of ether oxygens (including phenoxy) is 1. The Morgan fingerprint density at radius 3 is 2.53 bits per heavy atom. The molecule has 0 aromatic carbocycles. The average Bonchev–Trinajstić information content (AvgIpc) is 2.65. The predicted octanol–water partition coefficient (Wildman–Crippen LogP) is 2.78. The molecule has 0 spiro atoms. The van der Waals surface area contributed by atoms with Crippen LogP contribution in [0.2, 0.25) is 0 Å². The van der Waals surface area contributed by atoms with Gasteiger partial charge in [0.05, 0.1) is 24.1 Å². The Kier molecular flexibility index (Phi) is 4.95. The number of nitrogens with zero attached hydrogens (tertiary/aromatic N) is 1. The van der Waals surface area contributed by atoms with E-state index in [2.05, 4.69) is 4.98 Å². The molecule has 0 atom stereocenters. The van der Waals surface area contributed by atoms with E-state index in [1.807, 2.05) is 18.2 Å². The Hall–Kier alpha value is -0.930. The molecular weight excluding hydrogens is 212 g/mol. The van der Waals surface area contributed by atoms with Crippen molar-refractivity contribution >= 4 is 0 Å². The molecule has 0 saturated heterocycles. The summed E-state index contributed by atoms with van der Waals surface area (Å²) in [6, 6.07) is 5.96. The van der Waals surface area contributed by atoms with E-state index in [0.717, 1.165) is 11.4 Å². The molecule has 1 fully saturated rings. The van der Waals surface area contributed by atoms with Crippen LogP contribution in [0.5, 0.6) is 0 Å². The van der Waals surface area contributed by atoms with Crippen molar-refractivity contribution in [3.05, 3.63) is 29.6 Å². The first-order valence-corrected chi connectivity index (χ1v) is 6.65. The fraction of sp³-hybridized carbons (Fsp3) is 0.643. The van der Waals surface area contributed by atoms with Crippen LogP contribution in [0.25, 0.3) is 0 Å². The van der Waals surface area contributed by atoms with Crippen LogP contribution < -0.4 is 5.73 Å². The van der Waals surface area contributed by atoms with Crippen LogP contribution in [0.15, 0.2) is 18.2 Å². The molecule has 0 unspecified atom stereocenters. The molecule has 94 valence electrons. The van der Waals surface area contributed by atoms with Crippen LogP contribution in [-0.4, -0.2) is 11.1 Å². The molecule has 1 heterocycles. The summed E-state index contributed by atoms with van der Waals surface area (Å²) in [6.07, 6.45) is 8.18. The maximum Gasteiger partial charge on any atom is 0.0891 e. The second-order valence-corrected chi connectivity index (χ2v) is 4.75. The van der Waals surface area contributed by atoms with Crippen molar-refractivity contribution in [2.24, 2.45) is 5.73 Å². The maximum atomic E-state index is 5.95. The fourth-order valence-electron chi connectivity index (χ4n) is 2.34. The minimum Gasteiger partial charge on any atom is -0.372 e. The molecule has 1 aromatic rings. The SMILES string of the molecule is NCc1cccc(COC2CCCCCC2)n1. The van der Waals surface area contributed by atoms with Gasteiger partial charge in [0.1, 0.15) is 0 Å². The van der Waals surface area contributed by atoms with Gasteiger partial charge < -0.3 is 10.5 Å². The van der Waals surface area contributed by atoms with Crippen LogP contribution in [0.3, 0.4) is 0 Å². The highest BCUT2D eigenvalue weighted by molar-refractivity contribution is 5.10. The molecule has 0 bridgehead atoms. The molecule has 3 heteroatoms. The van der Waals surface area contributed by atoms with E-state index in [1.54, 1.807) is 0 Å². The zero-order chi connectivity index (χ0) is 11.9. The third-order valence-corrected chi connectivity index (χ3v) is 3.34. The Morgan fingerprint density at radius 1 is 1.12 bits per heavy atom. The largest absolute Gasteiger partial charge is 0.372 e. The molecular formula is C14H22N2O. The first kappa shape index (κ1) is 12.5. The van der Waals surface area contributed by atoms with Gasteiger partial charge in [0.15, 0.2) is 0 Å². The molecule has 0 aliphatic heterocycles. The Labute approximate surface area is 103 Å². The molecule has 17 heavy (non-hydrogen) atoms. The van der Waals surface area contributed by atoms with E-state index in [1.165, 1.54) is 38.5 Å². The Balaban J connectivity index is 1.83. The minimum absolute atomic E-state index is 0.431. The topological polar surface area (TPSA) is 48.1 Å². The van der Waals surface area contributed by atoms with Crippen molar-refractivity contribution < 1.29 is 4.74 Å². The number of aromatic nitrogens is 1. The Bertz CT molecular complexity index is 333. The van der Waals surface area contributed by atoms with Gasteiger partial charge in [-0.1, -0.05) is 31.7 Å². The summed E-state index contributed by atoms with van der Waals surface area (Å²) in [6.45, 7) is 1.12. The van der Waals surface area contributed by atoms with Gasteiger partial charge in [-0.3, -0.25) is 4.98 Å². The average molecular weight is 234 g/mol. The first-order valence-electron chi connectivity index (χ1n) is 6.65. The highest BCUT2D eigenvalue weighted by Crippen LogP contribution is 2.20. The lowest BCUT2D eigenvalue weighted by Gasteiger charge is -2.15. The van der Waals surface area contributed by atoms with Gasteiger partial charge in [-0.05, 0) is 25.0 Å². The number of hydrogen-bond donors (Lipinski definition) is 1. The zero-order valence-electron chi connectivity index (χ0n) is 10.4. The summed E-state index contributed by atoms with van der Waals surface area (Å²) in [5.41, 5.74) is 7.51. The van der Waals surface area contributed by atoms with E-state index < -0.39 is 0 Å². The highest BCUT2D eigenvalue weighted by atomic mass is 16.5. The lowest BCUT2D eigenvalue weighted by Crippen LogP contribution is -2.12. The molecule has 2 N–H and O–H groups in total. The second-order valence-electron chi connectivity index (χ2n) is 4.75. The quantitative estimate of drug-likeness (QED) is 0.815. The van der Waals surface area contributed by atoms with E-state index in [0.29, 0.717) is 19.3 Å². The Morgan fingerprint density at radius 2 is 1.82 bits per heavy atom. The normalized spacial score (nSPS) is 17.9. The summed E-state index contributed by atoms with van der Waals surface area (Å²) < 4.78 is 5.95. The van der Waals surface area contributed by atoms with Gasteiger partial charge in [-0.25, -0.2) is 0 Å². The van der Waals surface area contributed by atoms with Gasteiger partial charge in [0, 0.05) is 6.54 Å². The maximum absolute atomic E-state index is 5.95. The van der Waals surface area contributed by atoms with Crippen molar-refractivity contribution in [1.82, 2.24) is 4.98 Å². The zero-order valence-corrected chi connectivity index (χ0v) is 10.4. The summed E-state index contributed by atoms with van der Waals surface area (Å²) in [5.74, 6) is 0. The summed E-state index contributed by atoms with van der Waals surface area (Å²) in [7, 11) is 0. The molecule has 1 aliphatic carbocycles. The standard InChI is InChI=1S/C14H22N2O/c15-10-12-6-5-7-13(16-12)11-17-14-8-3-1-2-4-9-14/h5-7,14H,1-4,8-11,15H2. The summed E-state index contributed by atoms with van der Waals surface area (Å²) in [5, 5.41) is 0. The number of hydrogen-bond acceptors (Lipinski definition) is 3. The highest BCUT2D eigenvalue weighted by Gasteiger charge is 2.12. The third kappa shape index (κ3) is 4.10. The minimum atomic E-state index is 0.431. The van der Waals surface area contributed by atoms with Crippen LogP contribution in [0.4, 0.5) is 0 Å². The van der Waals surface area contributed by atoms with Crippen molar-refractivity contribution in [3.8, 4) is 0 Å². The molecule has 1 aliphatic rings. The van der Waals surface area contributed by atoms with Crippen molar-refractivity contribution in [1.29, 1.82) is 0 Å². The van der Waals surface area contributed by atoms with Gasteiger partial charge in [0.25, 0.3) is 0 Å². The number of nitrogens with two attached hydrogens (primary N) is 1. The lowest BCUT2D eigenvalue weighted by atomic mass is 10.1. The number of pyridine rings is 1. The third-order valence-electron chi connectivity index (χ3n) is 3.34. The summed E-state index contributed by atoms with van der Waals surface area (Å²) in [4.78, 5) is 4.45. The molecule has 0 amide bonds. The van der Waals surface area contributed by atoms with E-state index in [9.17, 15) is 0 Å². The van der Waals surface area contributed by atoms with Gasteiger partial charge in [0.2, 0.25) is 0 Å². The molecule has 1 aromatic heterocycles. The van der Waals surface area contributed by atoms with E-state index >= 15 is 0 Å². The molecule has 3 nitrogen and oxygen atoms in total. The molecule has 1 saturated carbocycles. The van der Waals surface area contributed by atoms with Gasteiger partial charge in [-0.15, -0.1) is 0 Å². The van der Waals surface area contributed by atoms with Crippen LogP contribution in [-0.2, 0) is 17.9 Å². The number of rotatable bonds is 4. The lowest BCUT2D eigenvalue weighted by molar-refractivity contribution is 0.0291. The van der Waals surface area contributed by atoms with Crippen LogP contribution in [0.1, 0.15) is 49.9 Å². The van der Waals surface area contributed by atoms with E-state index in [4.69, 9.17) is 10.5 Å². The monoisotopic (exact) mass is 234 g/mol. The summed E-state index contributed by atoms with van der Waals surface area (Å²) >= 11 is 0. The first-order chi connectivity index (χ1) is 8.38.